The van der Waals surface area contributed by atoms with E-state index < -0.39 is 0 Å². The van der Waals surface area contributed by atoms with E-state index in [0.717, 1.165) is 40.3 Å². The van der Waals surface area contributed by atoms with E-state index in [2.05, 4.69) is 21.9 Å². The molecule has 20 heavy (non-hydrogen) atoms. The van der Waals surface area contributed by atoms with E-state index in [0.29, 0.717) is 5.92 Å². The standard InChI is InChI=1S/C14H18N4OS/c1-17(2)14(19)12-10(9-4-7-18(3)8-9)11-13(20-12)16-6-5-15-11/h5-6,9H,4,7-8H2,1-3H3/t9-/m1/s1. The predicted molar refractivity (Wildman–Crippen MR) is 80.3 cm³/mol. The Hall–Kier alpha value is -1.53. The van der Waals surface area contributed by atoms with E-state index >= 15 is 0 Å². The van der Waals surface area contributed by atoms with E-state index in [1.54, 1.807) is 31.4 Å². The van der Waals surface area contributed by atoms with Gasteiger partial charge in [-0.2, -0.15) is 0 Å². The van der Waals surface area contributed by atoms with E-state index in [4.69, 9.17) is 0 Å². The van der Waals surface area contributed by atoms with Crippen molar-refractivity contribution in [3.05, 3.63) is 22.8 Å². The summed E-state index contributed by atoms with van der Waals surface area (Å²) in [5.41, 5.74) is 2.00. The molecule has 0 unspecified atom stereocenters. The third kappa shape index (κ3) is 2.19. The number of fused-ring (bicyclic) bond motifs is 1. The van der Waals surface area contributed by atoms with Gasteiger partial charge in [0.2, 0.25) is 0 Å². The molecule has 0 saturated carbocycles. The summed E-state index contributed by atoms with van der Waals surface area (Å²) in [4.78, 5) is 26.9. The third-order valence-electron chi connectivity index (χ3n) is 3.76. The average Bonchev–Trinajstić information content (AvgIpc) is 3.00. The molecule has 2 aromatic heterocycles. The van der Waals surface area contributed by atoms with Gasteiger partial charge in [-0.05, 0) is 20.0 Å². The van der Waals surface area contributed by atoms with Crippen molar-refractivity contribution in [3.8, 4) is 0 Å². The summed E-state index contributed by atoms with van der Waals surface area (Å²) in [6.07, 6.45) is 4.47. The summed E-state index contributed by atoms with van der Waals surface area (Å²) < 4.78 is 0. The Kier molecular flexibility index (Phi) is 3.43. The van der Waals surface area contributed by atoms with Crippen molar-refractivity contribution in [2.24, 2.45) is 0 Å². The average molecular weight is 290 g/mol. The molecule has 1 aliphatic rings. The molecule has 0 spiro atoms. The fraction of sp³-hybridized carbons (Fsp3) is 0.500. The number of thiophene rings is 1. The number of carbonyl (C=O) groups is 1. The van der Waals surface area contributed by atoms with Gasteiger partial charge in [-0.3, -0.25) is 9.78 Å². The highest BCUT2D eigenvalue weighted by Crippen LogP contribution is 2.38. The predicted octanol–water partition coefficient (Wildman–Crippen LogP) is 1.81. The van der Waals surface area contributed by atoms with Gasteiger partial charge < -0.3 is 9.80 Å². The molecule has 0 aliphatic carbocycles. The van der Waals surface area contributed by atoms with Crippen LogP contribution >= 0.6 is 11.3 Å². The van der Waals surface area contributed by atoms with Gasteiger partial charge in [-0.15, -0.1) is 11.3 Å². The van der Waals surface area contributed by atoms with Crippen LogP contribution in [0.4, 0.5) is 0 Å². The van der Waals surface area contributed by atoms with Crippen LogP contribution in [0.15, 0.2) is 12.4 Å². The highest BCUT2D eigenvalue weighted by atomic mass is 32.1. The molecule has 5 nitrogen and oxygen atoms in total. The maximum absolute atomic E-state index is 12.4. The second kappa shape index (κ2) is 5.10. The van der Waals surface area contributed by atoms with Gasteiger partial charge in [0.25, 0.3) is 5.91 Å². The number of likely N-dealkylation sites (tertiary alicyclic amines) is 1. The number of carbonyl (C=O) groups excluding carboxylic acids is 1. The number of nitrogens with zero attached hydrogens (tertiary/aromatic N) is 4. The highest BCUT2D eigenvalue weighted by Gasteiger charge is 2.30. The minimum atomic E-state index is 0.0550. The van der Waals surface area contributed by atoms with Crippen LogP contribution in [-0.2, 0) is 0 Å². The molecule has 0 radical (unpaired) electrons. The second-order valence-corrected chi connectivity index (χ2v) is 6.50. The first-order chi connectivity index (χ1) is 9.58. The summed E-state index contributed by atoms with van der Waals surface area (Å²) >= 11 is 1.47. The SMILES string of the molecule is CN1CC[C@@H](c2c(C(=O)N(C)C)sc3nccnc23)C1. The zero-order chi connectivity index (χ0) is 14.3. The van der Waals surface area contributed by atoms with Crippen molar-refractivity contribution in [2.75, 3.05) is 34.2 Å². The minimum Gasteiger partial charge on any atom is -0.344 e. The normalized spacial score (nSPS) is 19.6. The molecule has 3 rings (SSSR count). The second-order valence-electron chi connectivity index (χ2n) is 5.50. The third-order valence-corrected chi connectivity index (χ3v) is 4.85. The molecule has 106 valence electrons. The molecular weight excluding hydrogens is 272 g/mol. The molecule has 1 saturated heterocycles. The number of aromatic nitrogens is 2. The first kappa shape index (κ1) is 13.5. The van der Waals surface area contributed by atoms with Crippen LogP contribution < -0.4 is 0 Å². The van der Waals surface area contributed by atoms with Gasteiger partial charge in [0.1, 0.15) is 10.3 Å². The number of hydrogen-bond donors (Lipinski definition) is 0. The minimum absolute atomic E-state index is 0.0550. The Morgan fingerprint density at radius 2 is 2.15 bits per heavy atom. The Morgan fingerprint density at radius 3 is 2.80 bits per heavy atom. The maximum atomic E-state index is 12.4. The summed E-state index contributed by atoms with van der Waals surface area (Å²) in [6.45, 7) is 2.05. The molecule has 1 amide bonds. The fourth-order valence-corrected chi connectivity index (χ4v) is 3.96. The Balaban J connectivity index is 2.15. The summed E-state index contributed by atoms with van der Waals surface area (Å²) in [7, 11) is 5.70. The summed E-state index contributed by atoms with van der Waals surface area (Å²) in [5, 5.41) is 0. The zero-order valence-electron chi connectivity index (χ0n) is 12.0. The molecule has 0 bridgehead atoms. The molecule has 3 heterocycles. The lowest BCUT2D eigenvalue weighted by Gasteiger charge is -2.14. The molecule has 6 heteroatoms. The fourth-order valence-electron chi connectivity index (χ4n) is 2.76. The quantitative estimate of drug-likeness (QED) is 0.846. The van der Waals surface area contributed by atoms with Gasteiger partial charge >= 0.3 is 0 Å². The van der Waals surface area contributed by atoms with Gasteiger partial charge in [-0.25, -0.2) is 4.98 Å². The smallest absolute Gasteiger partial charge is 0.263 e. The van der Waals surface area contributed by atoms with Crippen LogP contribution in [0, 0.1) is 0 Å². The van der Waals surface area contributed by atoms with Gasteiger partial charge in [0.15, 0.2) is 0 Å². The van der Waals surface area contributed by atoms with E-state index in [-0.39, 0.29) is 5.91 Å². The maximum Gasteiger partial charge on any atom is 0.263 e. The Morgan fingerprint density at radius 1 is 1.40 bits per heavy atom. The number of amides is 1. The van der Waals surface area contributed by atoms with E-state index in [9.17, 15) is 4.79 Å². The van der Waals surface area contributed by atoms with E-state index in [1.807, 2.05) is 0 Å². The highest BCUT2D eigenvalue weighted by molar-refractivity contribution is 7.20. The van der Waals surface area contributed by atoms with Crippen LogP contribution in [0.3, 0.4) is 0 Å². The van der Waals surface area contributed by atoms with Crippen molar-refractivity contribution in [2.45, 2.75) is 12.3 Å². The first-order valence-corrected chi connectivity index (χ1v) is 7.53. The lowest BCUT2D eigenvalue weighted by molar-refractivity contribution is 0.0831. The number of rotatable bonds is 2. The number of hydrogen-bond acceptors (Lipinski definition) is 5. The Labute approximate surface area is 122 Å². The summed E-state index contributed by atoms with van der Waals surface area (Å²) in [6, 6.07) is 0. The van der Waals surface area contributed by atoms with Crippen LogP contribution in [0.1, 0.15) is 27.6 Å². The van der Waals surface area contributed by atoms with Crippen molar-refractivity contribution in [3.63, 3.8) is 0 Å². The topological polar surface area (TPSA) is 49.3 Å². The van der Waals surface area contributed by atoms with Gasteiger partial charge in [-0.1, -0.05) is 0 Å². The van der Waals surface area contributed by atoms with Crippen molar-refractivity contribution >= 4 is 27.6 Å². The van der Waals surface area contributed by atoms with Crippen LogP contribution in [0.5, 0.6) is 0 Å². The molecule has 1 fully saturated rings. The van der Waals surface area contributed by atoms with Crippen molar-refractivity contribution in [1.29, 1.82) is 0 Å². The van der Waals surface area contributed by atoms with Crippen LogP contribution in [0.2, 0.25) is 0 Å². The van der Waals surface area contributed by atoms with Crippen molar-refractivity contribution in [1.82, 2.24) is 19.8 Å². The molecule has 1 atom stereocenters. The molecular formula is C14H18N4OS. The molecule has 1 aliphatic heterocycles. The molecule has 0 N–H and O–H groups in total. The largest absolute Gasteiger partial charge is 0.344 e. The zero-order valence-corrected chi connectivity index (χ0v) is 12.8. The first-order valence-electron chi connectivity index (χ1n) is 6.71. The number of likely N-dealkylation sites (N-methyl/N-ethyl adjacent to an activating group) is 1. The Bertz CT molecular complexity index is 652. The monoisotopic (exact) mass is 290 g/mol. The molecule has 2 aromatic rings. The molecule has 0 aromatic carbocycles. The van der Waals surface area contributed by atoms with Gasteiger partial charge in [0, 0.05) is 44.5 Å². The van der Waals surface area contributed by atoms with E-state index in [1.165, 1.54) is 11.3 Å². The van der Waals surface area contributed by atoms with Crippen LogP contribution in [-0.4, -0.2) is 59.9 Å². The lowest BCUT2D eigenvalue weighted by Crippen LogP contribution is -2.22. The van der Waals surface area contributed by atoms with Gasteiger partial charge in [0.05, 0.1) is 4.88 Å². The summed E-state index contributed by atoms with van der Waals surface area (Å²) in [5.74, 6) is 0.434. The lowest BCUT2D eigenvalue weighted by atomic mass is 9.97. The van der Waals surface area contributed by atoms with Crippen molar-refractivity contribution < 1.29 is 4.79 Å². The van der Waals surface area contributed by atoms with Crippen LogP contribution in [0.25, 0.3) is 10.3 Å².